The summed E-state index contributed by atoms with van der Waals surface area (Å²) in [6.07, 6.45) is 4.88. The largest absolute Gasteiger partial charge is 1.00 e. The van der Waals surface area contributed by atoms with Crippen molar-refractivity contribution in [1.29, 1.82) is 0 Å². The molecule has 0 atom stereocenters. The van der Waals surface area contributed by atoms with Crippen LogP contribution in [0.1, 0.15) is 0 Å². The number of amidine groups is 1. The van der Waals surface area contributed by atoms with E-state index in [1.54, 1.807) is 32.3 Å². The summed E-state index contributed by atoms with van der Waals surface area (Å²) in [6.45, 7) is 0. The van der Waals surface area contributed by atoms with E-state index in [4.69, 9.17) is 11.6 Å². The van der Waals surface area contributed by atoms with E-state index in [0.717, 1.165) is 0 Å². The first-order chi connectivity index (χ1) is 6.09. The molecule has 1 aliphatic rings. The van der Waals surface area contributed by atoms with E-state index in [-0.39, 0.29) is 43.7 Å². The second-order valence-corrected chi connectivity index (χ2v) is 3.12. The van der Waals surface area contributed by atoms with Crippen LogP contribution in [-0.2, 0) is 0 Å². The van der Waals surface area contributed by atoms with Gasteiger partial charge in [0.25, 0.3) is 0 Å². The summed E-state index contributed by atoms with van der Waals surface area (Å²) in [5.41, 5.74) is 3.27. The molecule has 0 N–H and O–H groups in total. The Morgan fingerprint density at radius 2 is 2.07 bits per heavy atom. The molecule has 70 valence electrons. The number of nitrogens with zero attached hydrogens (tertiary/aromatic N) is 2. The minimum atomic E-state index is -0.307. The summed E-state index contributed by atoms with van der Waals surface area (Å²) in [5.74, 6) is 0. The van der Waals surface area contributed by atoms with Gasteiger partial charge >= 0.3 is 18.9 Å². The molecule has 0 unspecified atom stereocenters. The summed E-state index contributed by atoms with van der Waals surface area (Å²) < 4.78 is 0. The van der Waals surface area contributed by atoms with E-state index < -0.39 is 0 Å². The fraction of sp³-hybridized carbons (Fsp3) is 0.222. The normalized spacial score (nSPS) is 15.1. The van der Waals surface area contributed by atoms with Gasteiger partial charge in [-0.15, -0.1) is 11.6 Å². The van der Waals surface area contributed by atoms with Crippen molar-refractivity contribution in [3.8, 4) is 0 Å². The van der Waals surface area contributed by atoms with Crippen molar-refractivity contribution in [2.24, 2.45) is 4.99 Å². The van der Waals surface area contributed by atoms with Crippen LogP contribution in [0.4, 0.5) is 0 Å². The van der Waals surface area contributed by atoms with Gasteiger partial charge < -0.3 is 10.0 Å². The van der Waals surface area contributed by atoms with Gasteiger partial charge in [-0.2, -0.15) is 0 Å². The standard InChI is InChI=1S/C9H10ClN2O.2Li/c1-12(2)9(13)11-8-5-3-7(10)4-6-8;;/h3-5H,1-2H3,(H,11,13);;/q;;+1/p-1. The van der Waals surface area contributed by atoms with Crippen LogP contribution >= 0.6 is 11.6 Å². The fourth-order valence-electron chi connectivity index (χ4n) is 0.670. The Hall–Kier alpha value is 0.0148. The summed E-state index contributed by atoms with van der Waals surface area (Å²) >= 11 is 5.64. The third-order valence-corrected chi connectivity index (χ3v) is 1.59. The molecule has 2 radical (unpaired) electrons. The SMILES string of the molecule is CN(C)C([O-])=NC1=C=C[C](Cl)C=C1.[Li+].[Li]. The van der Waals surface area contributed by atoms with Gasteiger partial charge in [-0.1, -0.05) is 11.8 Å². The third-order valence-electron chi connectivity index (χ3n) is 1.36. The zero-order valence-corrected chi connectivity index (χ0v) is 10.2. The molecular weight excluding hydrogens is 201 g/mol. The number of aliphatic imine (C=N–C) groups is 1. The molecule has 1 aliphatic carbocycles. The van der Waals surface area contributed by atoms with Crippen molar-refractivity contribution >= 4 is 36.5 Å². The molecule has 3 nitrogen and oxygen atoms in total. The second kappa shape index (κ2) is 8.20. The van der Waals surface area contributed by atoms with Crippen molar-refractivity contribution in [2.45, 2.75) is 0 Å². The van der Waals surface area contributed by atoms with Crippen molar-refractivity contribution in [2.75, 3.05) is 14.1 Å². The molecule has 15 heavy (non-hydrogen) atoms. The van der Waals surface area contributed by atoms with Crippen molar-refractivity contribution in [3.05, 3.63) is 35.0 Å². The monoisotopic (exact) mass is 210 g/mol. The van der Waals surface area contributed by atoms with Gasteiger partial charge in [0.15, 0.2) is 0 Å². The Balaban J connectivity index is 0. The number of rotatable bonds is 1. The van der Waals surface area contributed by atoms with E-state index in [1.807, 2.05) is 0 Å². The van der Waals surface area contributed by atoms with Gasteiger partial charge in [0.1, 0.15) is 11.1 Å². The molecule has 0 aromatic rings. The van der Waals surface area contributed by atoms with Crippen LogP contribution in [0, 0.1) is 5.38 Å². The molecule has 0 fully saturated rings. The van der Waals surface area contributed by atoms with Gasteiger partial charge in [0, 0.05) is 33.0 Å². The fourth-order valence-corrected chi connectivity index (χ4v) is 0.788. The average molecular weight is 211 g/mol. The van der Waals surface area contributed by atoms with Crippen LogP contribution < -0.4 is 24.0 Å². The van der Waals surface area contributed by atoms with Crippen molar-refractivity contribution in [3.63, 3.8) is 0 Å². The first-order valence-electron chi connectivity index (χ1n) is 3.70. The molecule has 0 aromatic heterocycles. The summed E-state index contributed by atoms with van der Waals surface area (Å²) in [7, 11) is 3.28. The van der Waals surface area contributed by atoms with Crippen LogP contribution in [-0.4, -0.2) is 43.9 Å². The molecule has 0 saturated heterocycles. The minimum absolute atomic E-state index is 0. The number of halogens is 1. The predicted octanol–water partition coefficient (Wildman–Crippen LogP) is -2.73. The van der Waals surface area contributed by atoms with Crippen LogP contribution in [0.2, 0.25) is 0 Å². The smallest absolute Gasteiger partial charge is 0.846 e. The van der Waals surface area contributed by atoms with E-state index in [1.165, 1.54) is 4.90 Å². The first-order valence-corrected chi connectivity index (χ1v) is 4.07. The van der Waals surface area contributed by atoms with Gasteiger partial charge in [-0.3, -0.25) is 0 Å². The van der Waals surface area contributed by atoms with Crippen LogP contribution in [0.25, 0.3) is 0 Å². The maximum absolute atomic E-state index is 11.1. The van der Waals surface area contributed by atoms with E-state index >= 15 is 0 Å². The number of hydrogen-bond acceptors (Lipinski definition) is 2. The number of hydrogen-bond donors (Lipinski definition) is 0. The third kappa shape index (κ3) is 6.23. The Morgan fingerprint density at radius 3 is 2.47 bits per heavy atom. The van der Waals surface area contributed by atoms with Crippen molar-refractivity contribution < 1.29 is 24.0 Å². The van der Waals surface area contributed by atoms with Gasteiger partial charge in [-0.05, 0) is 12.2 Å². The second-order valence-electron chi connectivity index (χ2n) is 2.68. The maximum Gasteiger partial charge on any atom is 1.00 e. The Labute approximate surface area is 119 Å². The molecule has 0 saturated carbocycles. The summed E-state index contributed by atoms with van der Waals surface area (Å²) in [5, 5.41) is 11.7. The Kier molecular flexibility index (Phi) is 9.52. The Morgan fingerprint density at radius 1 is 1.47 bits per heavy atom. The maximum atomic E-state index is 11.1. The van der Waals surface area contributed by atoms with E-state index in [2.05, 4.69) is 10.7 Å². The first kappa shape index (κ1) is 17.4. The Bertz CT molecular complexity index is 320. The van der Waals surface area contributed by atoms with Crippen molar-refractivity contribution in [1.82, 2.24) is 4.90 Å². The molecule has 0 bridgehead atoms. The topological polar surface area (TPSA) is 38.7 Å². The predicted molar refractivity (Wildman–Crippen MR) is 56.7 cm³/mol. The number of allylic oxidation sites excluding steroid dienone is 2. The molecule has 1 rings (SSSR count). The zero-order chi connectivity index (χ0) is 9.84. The van der Waals surface area contributed by atoms with Crippen LogP contribution in [0.3, 0.4) is 0 Å². The minimum Gasteiger partial charge on any atom is -0.846 e. The molecule has 0 aromatic carbocycles. The van der Waals surface area contributed by atoms with Crippen LogP contribution in [0.5, 0.6) is 0 Å². The van der Waals surface area contributed by atoms with E-state index in [0.29, 0.717) is 11.1 Å². The molecule has 0 amide bonds. The molecule has 0 heterocycles. The summed E-state index contributed by atoms with van der Waals surface area (Å²) in [6, 6.07) is -0.307. The molecular formula is C9H9ClLi2N2O. The molecule has 6 heteroatoms. The van der Waals surface area contributed by atoms with Gasteiger partial charge in [-0.25, -0.2) is 4.99 Å². The molecule has 0 aliphatic heterocycles. The average Bonchev–Trinajstić information content (AvgIpc) is 2.08. The van der Waals surface area contributed by atoms with E-state index in [9.17, 15) is 5.11 Å². The molecule has 0 spiro atoms. The summed E-state index contributed by atoms with van der Waals surface area (Å²) in [4.78, 5) is 5.16. The quantitative estimate of drug-likeness (QED) is 0.204. The van der Waals surface area contributed by atoms with Crippen LogP contribution in [0.15, 0.2) is 34.6 Å². The zero-order valence-electron chi connectivity index (χ0n) is 9.41. The van der Waals surface area contributed by atoms with Gasteiger partial charge in [0.2, 0.25) is 0 Å². The van der Waals surface area contributed by atoms with Gasteiger partial charge in [0.05, 0.1) is 6.02 Å².